The van der Waals surface area contributed by atoms with Crippen molar-refractivity contribution in [3.05, 3.63) is 34.5 Å². The molecule has 0 spiro atoms. The molecule has 0 atom stereocenters. The van der Waals surface area contributed by atoms with Gasteiger partial charge in [0.25, 0.3) is 0 Å². The Morgan fingerprint density at radius 2 is 2.15 bits per heavy atom. The van der Waals surface area contributed by atoms with E-state index in [2.05, 4.69) is 0 Å². The van der Waals surface area contributed by atoms with E-state index >= 15 is 0 Å². The van der Waals surface area contributed by atoms with Crippen molar-refractivity contribution in [2.45, 2.75) is 0 Å². The van der Waals surface area contributed by atoms with Gasteiger partial charge < -0.3 is 10.9 Å². The van der Waals surface area contributed by atoms with Crippen LogP contribution in [-0.4, -0.2) is 5.91 Å². The molecule has 0 aliphatic carbocycles. The van der Waals surface area contributed by atoms with Gasteiger partial charge in [0, 0.05) is 6.07 Å². The third-order valence-electron chi connectivity index (χ3n) is 1.69. The molecule has 0 bridgehead atoms. The Labute approximate surface area is 77.8 Å². The average molecular weight is 194 g/mol. The highest BCUT2D eigenvalue weighted by atomic mass is 32.1. The number of para-hydroxylation sites is 1. The fourth-order valence-corrected chi connectivity index (χ4v) is 2.01. The molecule has 0 radical (unpaired) electrons. The molecule has 0 aliphatic heterocycles. The number of amides is 1. The molecule has 13 heavy (non-hydrogen) atoms. The van der Waals surface area contributed by atoms with Gasteiger partial charge >= 0.3 is 10.9 Å². The second-order valence-electron chi connectivity index (χ2n) is 2.53. The van der Waals surface area contributed by atoms with Crippen LogP contribution >= 0.6 is 11.3 Å². The predicted octanol–water partition coefficient (Wildman–Crippen LogP) is 0.634. The van der Waals surface area contributed by atoms with Gasteiger partial charge in [-0.25, -0.2) is 0 Å². The molecule has 2 rings (SSSR count). The van der Waals surface area contributed by atoms with Crippen LogP contribution in [0.15, 0.2) is 24.3 Å². The summed E-state index contributed by atoms with van der Waals surface area (Å²) in [6.07, 6.45) is 0. The Morgan fingerprint density at radius 1 is 1.46 bits per heavy atom. The Morgan fingerprint density at radius 3 is 2.77 bits per heavy atom. The predicted molar refractivity (Wildman–Crippen MR) is 49.3 cm³/mol. The summed E-state index contributed by atoms with van der Waals surface area (Å²) in [4.78, 5) is 10.8. The molecule has 0 fully saturated rings. The second-order valence-corrected chi connectivity index (χ2v) is 3.56. The summed E-state index contributed by atoms with van der Waals surface area (Å²) in [6, 6.07) is 6.99. The van der Waals surface area contributed by atoms with Gasteiger partial charge in [0.2, 0.25) is 5.52 Å². The molecule has 5 heteroatoms. The van der Waals surface area contributed by atoms with Gasteiger partial charge in [-0.05, 0) is 6.07 Å². The summed E-state index contributed by atoms with van der Waals surface area (Å²) < 4.78 is 1.34. The summed E-state index contributed by atoms with van der Waals surface area (Å²) in [6.45, 7) is 0. The smallest absolute Gasteiger partial charge is 0.339 e. The minimum Gasteiger partial charge on any atom is -0.617 e. The molecule has 0 saturated carbocycles. The highest BCUT2D eigenvalue weighted by Gasteiger charge is 2.19. The first-order valence-corrected chi connectivity index (χ1v) is 4.42. The van der Waals surface area contributed by atoms with E-state index < -0.39 is 5.91 Å². The van der Waals surface area contributed by atoms with Crippen molar-refractivity contribution in [1.82, 2.24) is 0 Å². The van der Waals surface area contributed by atoms with Crippen LogP contribution in [0.3, 0.4) is 0 Å². The number of benzene rings is 1. The van der Waals surface area contributed by atoms with Crippen molar-refractivity contribution in [2.75, 3.05) is 0 Å². The van der Waals surface area contributed by atoms with Gasteiger partial charge in [0.1, 0.15) is 4.70 Å². The third-order valence-corrected chi connectivity index (χ3v) is 2.81. The molecule has 1 heterocycles. The zero-order valence-electron chi connectivity index (χ0n) is 6.56. The van der Waals surface area contributed by atoms with E-state index in [0.717, 1.165) is 16.0 Å². The van der Waals surface area contributed by atoms with Crippen LogP contribution in [0.5, 0.6) is 0 Å². The zero-order chi connectivity index (χ0) is 9.42. The lowest BCUT2D eigenvalue weighted by atomic mass is 10.3. The maximum Gasteiger partial charge on any atom is 0.339 e. The minimum atomic E-state index is -0.684. The first kappa shape index (κ1) is 8.00. The van der Waals surface area contributed by atoms with E-state index in [4.69, 9.17) is 5.73 Å². The molecule has 0 unspecified atom stereocenters. The van der Waals surface area contributed by atoms with E-state index in [1.54, 1.807) is 18.2 Å². The van der Waals surface area contributed by atoms with Gasteiger partial charge in [-0.15, -0.1) is 4.73 Å². The summed E-state index contributed by atoms with van der Waals surface area (Å²) in [5.41, 5.74) is 5.52. The summed E-state index contributed by atoms with van der Waals surface area (Å²) in [7, 11) is 0. The maximum absolute atomic E-state index is 11.4. The van der Waals surface area contributed by atoms with Gasteiger partial charge in [0.15, 0.2) is 0 Å². The highest BCUT2D eigenvalue weighted by Crippen LogP contribution is 2.18. The highest BCUT2D eigenvalue weighted by molar-refractivity contribution is 7.19. The van der Waals surface area contributed by atoms with Crippen LogP contribution in [0, 0.1) is 5.21 Å². The van der Waals surface area contributed by atoms with E-state index in [1.165, 1.54) is 0 Å². The number of aromatic nitrogens is 1. The SMILES string of the molecule is NC(=O)c1sc2ccccc2[n+]1[O-]. The Balaban J connectivity index is 2.81. The number of carbonyl (C=O) groups is 1. The standard InChI is InChI=1S/C8H6N2O2S/c9-7(11)8-10(12)5-3-1-2-4-6(5)13-8/h1-4H,(H2,9,11). The van der Waals surface area contributed by atoms with Gasteiger partial charge in [-0.3, -0.25) is 4.79 Å². The number of thiazole rings is 1. The van der Waals surface area contributed by atoms with Gasteiger partial charge in [-0.1, -0.05) is 23.5 Å². The van der Waals surface area contributed by atoms with E-state index in [1.807, 2.05) is 6.07 Å². The number of nitrogens with two attached hydrogens (primary N) is 1. The summed E-state index contributed by atoms with van der Waals surface area (Å²) in [5, 5.41) is 11.4. The topological polar surface area (TPSA) is 70.0 Å². The Hall–Kier alpha value is -1.62. The molecule has 1 aromatic heterocycles. The zero-order valence-corrected chi connectivity index (χ0v) is 7.38. The van der Waals surface area contributed by atoms with Crippen molar-refractivity contribution in [1.29, 1.82) is 0 Å². The monoisotopic (exact) mass is 194 g/mol. The van der Waals surface area contributed by atoms with Crippen LogP contribution in [0.1, 0.15) is 9.80 Å². The van der Waals surface area contributed by atoms with Crippen LogP contribution in [0.2, 0.25) is 0 Å². The first-order chi connectivity index (χ1) is 6.20. The molecule has 2 N–H and O–H groups in total. The first-order valence-electron chi connectivity index (χ1n) is 3.61. The molecule has 1 amide bonds. The molecule has 66 valence electrons. The molecule has 1 aromatic carbocycles. The lowest BCUT2D eigenvalue weighted by molar-refractivity contribution is -0.574. The number of nitrogens with zero attached hydrogens (tertiary/aromatic N) is 1. The van der Waals surface area contributed by atoms with Crippen LogP contribution < -0.4 is 10.5 Å². The number of fused-ring (bicyclic) bond motifs is 1. The van der Waals surface area contributed by atoms with Crippen molar-refractivity contribution in [3.63, 3.8) is 0 Å². The van der Waals surface area contributed by atoms with E-state index in [-0.39, 0.29) is 5.01 Å². The van der Waals surface area contributed by atoms with Crippen LogP contribution in [0.4, 0.5) is 0 Å². The van der Waals surface area contributed by atoms with Crippen molar-refractivity contribution in [3.8, 4) is 0 Å². The van der Waals surface area contributed by atoms with E-state index in [0.29, 0.717) is 10.2 Å². The normalized spacial score (nSPS) is 10.5. The Kier molecular flexibility index (Phi) is 1.66. The molecule has 2 aromatic rings. The molecule has 0 saturated heterocycles. The molecular formula is C8H6N2O2S. The van der Waals surface area contributed by atoms with Crippen LogP contribution in [-0.2, 0) is 0 Å². The fraction of sp³-hybridized carbons (Fsp3) is 0. The lowest BCUT2D eigenvalue weighted by Gasteiger charge is -1.93. The second kappa shape index (κ2) is 2.70. The quantitative estimate of drug-likeness (QED) is 0.534. The van der Waals surface area contributed by atoms with Crippen molar-refractivity contribution in [2.24, 2.45) is 5.73 Å². The van der Waals surface area contributed by atoms with Gasteiger partial charge in [0.05, 0.1) is 0 Å². The summed E-state index contributed by atoms with van der Waals surface area (Å²) in [5.74, 6) is -0.684. The maximum atomic E-state index is 11.4. The molecule has 0 aliphatic rings. The summed E-state index contributed by atoms with van der Waals surface area (Å²) >= 11 is 1.11. The largest absolute Gasteiger partial charge is 0.617 e. The number of hydrogen-bond donors (Lipinski definition) is 1. The third kappa shape index (κ3) is 1.13. The fourth-order valence-electron chi connectivity index (χ4n) is 1.12. The Bertz CT molecular complexity index is 478. The number of rotatable bonds is 1. The average Bonchev–Trinajstić information content (AvgIpc) is 2.45. The number of carbonyl (C=O) groups excluding carboxylic acids is 1. The number of hydrogen-bond acceptors (Lipinski definition) is 3. The minimum absolute atomic E-state index is 0.0289. The molecular weight excluding hydrogens is 188 g/mol. The lowest BCUT2D eigenvalue weighted by Crippen LogP contribution is -2.34. The van der Waals surface area contributed by atoms with Crippen LogP contribution in [0.25, 0.3) is 10.2 Å². The number of primary amides is 1. The van der Waals surface area contributed by atoms with Gasteiger partial charge in [-0.2, -0.15) is 0 Å². The molecule has 4 nitrogen and oxygen atoms in total. The van der Waals surface area contributed by atoms with Crippen molar-refractivity contribution < 1.29 is 9.52 Å². The van der Waals surface area contributed by atoms with Crippen molar-refractivity contribution >= 4 is 27.5 Å². The van der Waals surface area contributed by atoms with E-state index in [9.17, 15) is 10.0 Å².